The summed E-state index contributed by atoms with van der Waals surface area (Å²) in [5, 5.41) is 12.6. The highest BCUT2D eigenvalue weighted by Crippen LogP contribution is 2.12. The number of aromatic nitrogens is 2. The summed E-state index contributed by atoms with van der Waals surface area (Å²) in [5.74, 6) is -0.859. The third-order valence-electron chi connectivity index (χ3n) is 3.91. The number of halogens is 1. The number of rotatable bonds is 4. The van der Waals surface area contributed by atoms with Crippen LogP contribution in [0.1, 0.15) is 12.8 Å². The first kappa shape index (κ1) is 14.8. The maximum absolute atomic E-state index is 13.8. The van der Waals surface area contributed by atoms with E-state index in [1.54, 1.807) is 6.07 Å². The van der Waals surface area contributed by atoms with Crippen molar-refractivity contribution in [3.8, 4) is 0 Å². The summed E-state index contributed by atoms with van der Waals surface area (Å²) in [6.45, 7) is 0.489. The van der Waals surface area contributed by atoms with Gasteiger partial charge in [-0.1, -0.05) is 6.07 Å². The van der Waals surface area contributed by atoms with Crippen molar-refractivity contribution >= 4 is 16.7 Å². The first-order valence-electron chi connectivity index (χ1n) is 7.13. The van der Waals surface area contributed by atoms with Gasteiger partial charge in [0.1, 0.15) is 11.2 Å². The molecule has 2 heterocycles. The maximum Gasteiger partial charge on any atom is 0.264 e. The van der Waals surface area contributed by atoms with Crippen LogP contribution in [0.15, 0.2) is 29.3 Å². The highest BCUT2D eigenvalue weighted by molar-refractivity contribution is 5.80. The van der Waals surface area contributed by atoms with Gasteiger partial charge in [-0.05, 0) is 25.1 Å². The Morgan fingerprint density at radius 1 is 1.50 bits per heavy atom. The number of carbonyl (C=O) groups is 1. The number of aliphatic hydroxyl groups excluding tert-OH is 1. The van der Waals surface area contributed by atoms with Crippen molar-refractivity contribution in [3.05, 3.63) is 40.7 Å². The molecular weight excluding hydrogens is 289 g/mol. The lowest BCUT2D eigenvalue weighted by atomic mass is 10.1. The van der Waals surface area contributed by atoms with E-state index in [4.69, 9.17) is 0 Å². The average molecular weight is 305 g/mol. The van der Waals surface area contributed by atoms with Crippen LogP contribution in [0, 0.1) is 5.82 Å². The molecule has 0 amide bonds. The Morgan fingerprint density at radius 3 is 3.05 bits per heavy atom. The van der Waals surface area contributed by atoms with E-state index in [0.29, 0.717) is 13.0 Å². The molecule has 22 heavy (non-hydrogen) atoms. The molecule has 2 aromatic rings. The Balaban J connectivity index is 1.82. The second kappa shape index (κ2) is 5.94. The van der Waals surface area contributed by atoms with Gasteiger partial charge in [0.25, 0.3) is 5.56 Å². The monoisotopic (exact) mass is 305 g/mol. The Morgan fingerprint density at radius 2 is 2.32 bits per heavy atom. The van der Waals surface area contributed by atoms with E-state index in [1.165, 1.54) is 18.5 Å². The van der Waals surface area contributed by atoms with Crippen molar-refractivity contribution in [3.63, 3.8) is 0 Å². The summed E-state index contributed by atoms with van der Waals surface area (Å²) in [6, 6.07) is 3.93. The van der Waals surface area contributed by atoms with E-state index in [2.05, 4.69) is 10.3 Å². The van der Waals surface area contributed by atoms with Crippen molar-refractivity contribution in [2.75, 3.05) is 6.54 Å². The zero-order valence-corrected chi connectivity index (χ0v) is 11.8. The van der Waals surface area contributed by atoms with Crippen molar-refractivity contribution in [1.29, 1.82) is 0 Å². The van der Waals surface area contributed by atoms with Crippen molar-refractivity contribution in [2.24, 2.45) is 0 Å². The van der Waals surface area contributed by atoms with E-state index in [1.807, 2.05) is 0 Å². The number of Topliss-reactive ketones (excluding diaryl/α,β-unsaturated/α-hetero) is 1. The van der Waals surface area contributed by atoms with Gasteiger partial charge < -0.3 is 10.4 Å². The topological polar surface area (TPSA) is 84.2 Å². The molecule has 0 bridgehead atoms. The Kier molecular flexibility index (Phi) is 4.00. The SMILES string of the molecule is O=C(CC1NCCC1O)Cn1cnc2cccc(F)c2c1=O. The Hall–Kier alpha value is -2.12. The van der Waals surface area contributed by atoms with Crippen molar-refractivity contribution in [2.45, 2.75) is 31.5 Å². The highest BCUT2D eigenvalue weighted by Gasteiger charge is 2.26. The normalized spacial score (nSPS) is 21.4. The van der Waals surface area contributed by atoms with Crippen LogP contribution in [-0.2, 0) is 11.3 Å². The summed E-state index contributed by atoms with van der Waals surface area (Å²) >= 11 is 0. The van der Waals surface area contributed by atoms with Gasteiger partial charge in [-0.2, -0.15) is 0 Å². The number of nitrogens with one attached hydrogen (secondary N) is 1. The molecule has 2 atom stereocenters. The standard InChI is InChI=1S/C15H16FN3O3/c16-10-2-1-3-11-14(10)15(22)19(8-18-11)7-9(20)6-12-13(21)4-5-17-12/h1-3,8,12-13,17,21H,4-7H2. The fourth-order valence-corrected chi connectivity index (χ4v) is 2.73. The minimum atomic E-state index is -0.648. The molecule has 0 spiro atoms. The zero-order chi connectivity index (χ0) is 15.7. The number of nitrogens with zero attached hydrogens (tertiary/aromatic N) is 2. The number of hydrogen-bond acceptors (Lipinski definition) is 5. The molecule has 1 aromatic carbocycles. The lowest BCUT2D eigenvalue weighted by Crippen LogP contribution is -2.34. The Bertz CT molecular complexity index is 774. The predicted molar refractivity (Wildman–Crippen MR) is 78.0 cm³/mol. The zero-order valence-electron chi connectivity index (χ0n) is 11.8. The quantitative estimate of drug-likeness (QED) is 0.844. The summed E-state index contributed by atoms with van der Waals surface area (Å²) in [5.41, 5.74) is -0.307. The van der Waals surface area contributed by atoms with Crippen LogP contribution in [-0.4, -0.2) is 39.1 Å². The van der Waals surface area contributed by atoms with E-state index < -0.39 is 17.5 Å². The molecule has 1 fully saturated rings. The molecule has 0 aliphatic carbocycles. The number of carbonyl (C=O) groups excluding carboxylic acids is 1. The van der Waals surface area contributed by atoms with Crippen LogP contribution in [0.5, 0.6) is 0 Å². The van der Waals surface area contributed by atoms with Crippen LogP contribution in [0.3, 0.4) is 0 Å². The summed E-state index contributed by atoms with van der Waals surface area (Å²) < 4.78 is 14.9. The van der Waals surface area contributed by atoms with E-state index >= 15 is 0 Å². The third kappa shape index (κ3) is 2.77. The number of ketones is 1. The molecule has 1 aliphatic heterocycles. The van der Waals surface area contributed by atoms with Crippen molar-refractivity contribution in [1.82, 2.24) is 14.9 Å². The van der Waals surface area contributed by atoms with Crippen LogP contribution < -0.4 is 10.9 Å². The van der Waals surface area contributed by atoms with Gasteiger partial charge in [-0.3, -0.25) is 14.2 Å². The van der Waals surface area contributed by atoms with Gasteiger partial charge in [0.2, 0.25) is 0 Å². The number of aliphatic hydroxyl groups is 1. The fraction of sp³-hybridized carbons (Fsp3) is 0.400. The van der Waals surface area contributed by atoms with Crippen LogP contribution in [0.2, 0.25) is 0 Å². The van der Waals surface area contributed by atoms with Gasteiger partial charge in [0.05, 0.1) is 24.5 Å². The molecule has 1 aliphatic rings. The van der Waals surface area contributed by atoms with Gasteiger partial charge in [0, 0.05) is 12.5 Å². The van der Waals surface area contributed by atoms with Crippen LogP contribution in [0.25, 0.3) is 10.9 Å². The third-order valence-corrected chi connectivity index (χ3v) is 3.91. The molecule has 1 saturated heterocycles. The lowest BCUT2D eigenvalue weighted by molar-refractivity contribution is -0.120. The van der Waals surface area contributed by atoms with Crippen LogP contribution in [0.4, 0.5) is 4.39 Å². The van der Waals surface area contributed by atoms with Gasteiger partial charge in [-0.15, -0.1) is 0 Å². The van der Waals surface area contributed by atoms with E-state index in [0.717, 1.165) is 4.57 Å². The summed E-state index contributed by atoms with van der Waals surface area (Å²) in [4.78, 5) is 28.3. The van der Waals surface area contributed by atoms with E-state index in [9.17, 15) is 19.1 Å². The highest BCUT2D eigenvalue weighted by atomic mass is 19.1. The molecule has 1 aromatic heterocycles. The smallest absolute Gasteiger partial charge is 0.264 e. The van der Waals surface area contributed by atoms with Crippen LogP contribution >= 0.6 is 0 Å². The Labute approximate surface area is 125 Å². The fourth-order valence-electron chi connectivity index (χ4n) is 2.73. The second-order valence-corrected chi connectivity index (χ2v) is 5.47. The van der Waals surface area contributed by atoms with Gasteiger partial charge >= 0.3 is 0 Å². The predicted octanol–water partition coefficient (Wildman–Crippen LogP) is 0.218. The number of hydrogen-bond donors (Lipinski definition) is 2. The molecule has 7 heteroatoms. The summed E-state index contributed by atoms with van der Waals surface area (Å²) in [6.07, 6.45) is 1.44. The minimum Gasteiger partial charge on any atom is -0.391 e. The minimum absolute atomic E-state index is 0.114. The molecule has 0 saturated carbocycles. The lowest BCUT2D eigenvalue weighted by Gasteiger charge is -2.14. The molecule has 2 N–H and O–H groups in total. The van der Waals surface area contributed by atoms with E-state index in [-0.39, 0.29) is 35.7 Å². The van der Waals surface area contributed by atoms with Crippen molar-refractivity contribution < 1.29 is 14.3 Å². The molecule has 6 nitrogen and oxygen atoms in total. The number of fused-ring (bicyclic) bond motifs is 1. The second-order valence-electron chi connectivity index (χ2n) is 5.47. The average Bonchev–Trinajstić information content (AvgIpc) is 2.87. The summed E-state index contributed by atoms with van der Waals surface area (Å²) in [7, 11) is 0. The molecule has 0 radical (unpaired) electrons. The first-order chi connectivity index (χ1) is 10.6. The number of benzene rings is 1. The molecule has 116 valence electrons. The molecule has 3 rings (SSSR count). The maximum atomic E-state index is 13.8. The molecular formula is C15H16FN3O3. The van der Waals surface area contributed by atoms with Gasteiger partial charge in [0.15, 0.2) is 5.78 Å². The first-order valence-corrected chi connectivity index (χ1v) is 7.13. The van der Waals surface area contributed by atoms with Gasteiger partial charge in [-0.25, -0.2) is 9.37 Å². The molecule has 2 unspecified atom stereocenters. The largest absolute Gasteiger partial charge is 0.391 e.